The van der Waals surface area contributed by atoms with E-state index >= 15 is 0 Å². The van der Waals surface area contributed by atoms with Gasteiger partial charge < -0.3 is 15.5 Å². The van der Waals surface area contributed by atoms with E-state index < -0.39 is 16.1 Å². The molecule has 0 bridgehead atoms. The molecule has 2 N–H and O–H groups in total. The lowest BCUT2D eigenvalue weighted by Gasteiger charge is -2.35. The number of hydrogen-bond acceptors (Lipinski definition) is 4. The number of carbonyl (C=O) groups is 1. The van der Waals surface area contributed by atoms with Crippen LogP contribution in [0.25, 0.3) is 0 Å². The largest absolute Gasteiger partial charge is 0.369 e. The van der Waals surface area contributed by atoms with Gasteiger partial charge in [0.1, 0.15) is 0 Å². The van der Waals surface area contributed by atoms with Gasteiger partial charge in [0, 0.05) is 44.1 Å². The van der Waals surface area contributed by atoms with Crippen LogP contribution >= 0.6 is 23.2 Å². The molecule has 10 heteroatoms. The molecule has 1 aliphatic rings. The third-order valence-electron chi connectivity index (χ3n) is 4.82. The maximum Gasteiger partial charge on any atom is 0.319 e. The van der Waals surface area contributed by atoms with Gasteiger partial charge >= 0.3 is 6.03 Å². The molecule has 1 heterocycles. The molecule has 2 aromatic rings. The van der Waals surface area contributed by atoms with Crippen LogP contribution in [0, 0.1) is 6.92 Å². The Balaban J connectivity index is 1.45. The molecule has 0 saturated carbocycles. The van der Waals surface area contributed by atoms with Crippen LogP contribution in [-0.4, -0.2) is 57.2 Å². The van der Waals surface area contributed by atoms with Crippen molar-refractivity contribution in [2.24, 2.45) is 0 Å². The van der Waals surface area contributed by atoms with Crippen molar-refractivity contribution in [2.45, 2.75) is 6.92 Å². The number of rotatable bonds is 6. The van der Waals surface area contributed by atoms with Gasteiger partial charge in [-0.15, -0.1) is 0 Å². The normalized spacial score (nSPS) is 15.1. The molecule has 1 aliphatic heterocycles. The maximum absolute atomic E-state index is 12.6. The van der Waals surface area contributed by atoms with E-state index in [4.69, 9.17) is 23.2 Å². The van der Waals surface area contributed by atoms with Crippen molar-refractivity contribution >= 4 is 50.6 Å². The number of anilines is 2. The van der Waals surface area contributed by atoms with Gasteiger partial charge in [0.15, 0.2) is 0 Å². The Labute approximate surface area is 187 Å². The lowest BCUT2D eigenvalue weighted by Crippen LogP contribution is -2.50. The molecule has 0 radical (unpaired) electrons. The number of amides is 2. The number of aryl methyl sites for hydroxylation is 1. The van der Waals surface area contributed by atoms with Crippen LogP contribution in [0.3, 0.4) is 0 Å². The van der Waals surface area contributed by atoms with Gasteiger partial charge in [0.2, 0.25) is 10.0 Å². The third-order valence-corrected chi connectivity index (χ3v) is 7.43. The van der Waals surface area contributed by atoms with Gasteiger partial charge in [-0.1, -0.05) is 35.3 Å². The SMILES string of the molecule is Cc1cccc(N2CCN(S(=O)(=O)CCNC(=O)Nc3ccc(Cl)c(Cl)c3)CC2)c1. The number of sulfonamides is 1. The molecule has 7 nitrogen and oxygen atoms in total. The van der Waals surface area contributed by atoms with Crippen LogP contribution in [0.5, 0.6) is 0 Å². The minimum Gasteiger partial charge on any atom is -0.369 e. The average Bonchev–Trinajstić information content (AvgIpc) is 2.71. The molecule has 0 atom stereocenters. The molecule has 0 aromatic heterocycles. The van der Waals surface area contributed by atoms with E-state index in [-0.39, 0.29) is 12.3 Å². The zero-order valence-corrected chi connectivity index (χ0v) is 18.9. The molecule has 3 rings (SSSR count). The first-order valence-electron chi connectivity index (χ1n) is 9.54. The van der Waals surface area contributed by atoms with Crippen LogP contribution in [0.15, 0.2) is 42.5 Å². The van der Waals surface area contributed by atoms with Gasteiger partial charge in [0.05, 0.1) is 15.8 Å². The monoisotopic (exact) mass is 470 g/mol. The van der Waals surface area contributed by atoms with Gasteiger partial charge in [-0.3, -0.25) is 0 Å². The first-order valence-corrected chi connectivity index (χ1v) is 11.9. The number of benzene rings is 2. The summed E-state index contributed by atoms with van der Waals surface area (Å²) in [5.41, 5.74) is 2.75. The molecular weight excluding hydrogens is 447 g/mol. The zero-order chi connectivity index (χ0) is 21.7. The summed E-state index contributed by atoms with van der Waals surface area (Å²) in [7, 11) is -3.45. The fourth-order valence-electron chi connectivity index (χ4n) is 3.22. The van der Waals surface area contributed by atoms with Crippen molar-refractivity contribution < 1.29 is 13.2 Å². The number of piperazine rings is 1. The number of nitrogens with zero attached hydrogens (tertiary/aromatic N) is 2. The third kappa shape index (κ3) is 6.01. The topological polar surface area (TPSA) is 81.8 Å². The molecule has 1 fully saturated rings. The second kappa shape index (κ2) is 9.87. The van der Waals surface area contributed by atoms with Crippen LogP contribution in [0.1, 0.15) is 5.56 Å². The predicted octanol–water partition coefficient (Wildman–Crippen LogP) is 3.58. The van der Waals surface area contributed by atoms with Crippen LogP contribution in [-0.2, 0) is 10.0 Å². The first-order chi connectivity index (χ1) is 14.2. The Morgan fingerprint density at radius 1 is 1.03 bits per heavy atom. The lowest BCUT2D eigenvalue weighted by molar-refractivity contribution is 0.252. The van der Waals surface area contributed by atoms with E-state index in [0.717, 1.165) is 5.69 Å². The number of hydrogen-bond donors (Lipinski definition) is 2. The highest BCUT2D eigenvalue weighted by Crippen LogP contribution is 2.25. The highest BCUT2D eigenvalue weighted by atomic mass is 35.5. The standard InChI is InChI=1S/C20H24Cl2N4O3S/c1-15-3-2-4-17(13-15)25-8-10-26(11-9-25)30(28,29)12-7-23-20(27)24-16-5-6-18(21)19(22)14-16/h2-6,13-14H,7-12H2,1H3,(H2,23,24,27). The minimum atomic E-state index is -3.45. The highest BCUT2D eigenvalue weighted by molar-refractivity contribution is 7.89. The Kier molecular flexibility index (Phi) is 7.46. The van der Waals surface area contributed by atoms with Crippen molar-refractivity contribution in [3.8, 4) is 0 Å². The van der Waals surface area contributed by atoms with Crippen molar-refractivity contribution in [1.82, 2.24) is 9.62 Å². The quantitative estimate of drug-likeness (QED) is 0.675. The fraction of sp³-hybridized carbons (Fsp3) is 0.350. The summed E-state index contributed by atoms with van der Waals surface area (Å²) in [6.07, 6.45) is 0. The van der Waals surface area contributed by atoms with Gasteiger partial charge in [-0.25, -0.2) is 13.2 Å². The van der Waals surface area contributed by atoms with Gasteiger partial charge in [-0.05, 0) is 42.8 Å². The lowest BCUT2D eigenvalue weighted by atomic mass is 10.2. The van der Waals surface area contributed by atoms with Crippen molar-refractivity contribution in [1.29, 1.82) is 0 Å². The summed E-state index contributed by atoms with van der Waals surface area (Å²) in [6, 6.07) is 12.4. The van der Waals surface area contributed by atoms with Gasteiger partial charge in [-0.2, -0.15) is 4.31 Å². The molecular formula is C20H24Cl2N4O3S. The van der Waals surface area contributed by atoms with Crippen LogP contribution in [0.4, 0.5) is 16.2 Å². The molecule has 2 amide bonds. The summed E-state index contributed by atoms with van der Waals surface area (Å²) < 4.78 is 26.7. The molecule has 162 valence electrons. The summed E-state index contributed by atoms with van der Waals surface area (Å²) in [5.74, 6) is -0.160. The smallest absolute Gasteiger partial charge is 0.319 e. The number of nitrogens with one attached hydrogen (secondary N) is 2. The average molecular weight is 471 g/mol. The van der Waals surface area contributed by atoms with E-state index in [9.17, 15) is 13.2 Å². The number of carbonyl (C=O) groups excluding carboxylic acids is 1. The summed E-state index contributed by atoms with van der Waals surface area (Å²) in [6.45, 7) is 4.15. The maximum atomic E-state index is 12.6. The Morgan fingerprint density at radius 3 is 2.43 bits per heavy atom. The zero-order valence-electron chi connectivity index (χ0n) is 16.6. The Hall–Kier alpha value is -2.00. The van der Waals surface area contributed by atoms with Crippen molar-refractivity contribution in [3.63, 3.8) is 0 Å². The fourth-order valence-corrected chi connectivity index (χ4v) is 4.86. The van der Waals surface area contributed by atoms with Crippen molar-refractivity contribution in [3.05, 3.63) is 58.1 Å². The second-order valence-corrected chi connectivity index (χ2v) is 9.95. The summed E-state index contributed by atoms with van der Waals surface area (Å²) in [4.78, 5) is 14.2. The molecule has 2 aromatic carbocycles. The molecule has 0 spiro atoms. The van der Waals surface area contributed by atoms with E-state index in [2.05, 4.69) is 21.6 Å². The molecule has 0 aliphatic carbocycles. The van der Waals surface area contributed by atoms with Gasteiger partial charge in [0.25, 0.3) is 0 Å². The molecule has 1 saturated heterocycles. The second-order valence-electron chi connectivity index (χ2n) is 7.05. The summed E-state index contributed by atoms with van der Waals surface area (Å²) >= 11 is 11.8. The van der Waals surface area contributed by atoms with E-state index in [1.165, 1.54) is 15.9 Å². The predicted molar refractivity (Wildman–Crippen MR) is 122 cm³/mol. The van der Waals surface area contributed by atoms with Crippen molar-refractivity contribution in [2.75, 3.05) is 48.7 Å². The first kappa shape index (κ1) is 22.7. The van der Waals surface area contributed by atoms with Crippen LogP contribution < -0.4 is 15.5 Å². The highest BCUT2D eigenvalue weighted by Gasteiger charge is 2.26. The number of halogens is 2. The van der Waals surface area contributed by atoms with E-state index in [1.807, 2.05) is 25.1 Å². The Bertz CT molecular complexity index is 1010. The van der Waals surface area contributed by atoms with Crippen LogP contribution in [0.2, 0.25) is 10.0 Å². The number of urea groups is 1. The van der Waals surface area contributed by atoms with E-state index in [0.29, 0.717) is 41.9 Å². The minimum absolute atomic E-state index is 0.00752. The summed E-state index contributed by atoms with van der Waals surface area (Å²) in [5, 5.41) is 5.86. The Morgan fingerprint density at radius 2 is 1.77 bits per heavy atom. The van der Waals surface area contributed by atoms with E-state index in [1.54, 1.807) is 12.1 Å². The molecule has 0 unspecified atom stereocenters. The molecule has 30 heavy (non-hydrogen) atoms.